The second-order valence-corrected chi connectivity index (χ2v) is 5.38. The second-order valence-electron chi connectivity index (χ2n) is 4.35. The van der Waals surface area contributed by atoms with Gasteiger partial charge in [0, 0.05) is 23.4 Å². The smallest absolute Gasteiger partial charge is 0.167 e. The lowest BCUT2D eigenvalue weighted by Gasteiger charge is -2.12. The lowest BCUT2D eigenvalue weighted by molar-refractivity contribution is 0.292. The van der Waals surface area contributed by atoms with Gasteiger partial charge in [-0.25, -0.2) is 4.39 Å². The monoisotopic (exact) mass is 295 g/mol. The van der Waals surface area contributed by atoms with Crippen molar-refractivity contribution >= 4 is 17.0 Å². The van der Waals surface area contributed by atoms with Gasteiger partial charge in [0.25, 0.3) is 0 Å². The zero-order valence-corrected chi connectivity index (χ0v) is 12.2. The van der Waals surface area contributed by atoms with Crippen LogP contribution in [-0.4, -0.2) is 13.2 Å². The number of nitrogens with two attached hydrogens (primary N) is 1. The molecular weight excluding hydrogens is 277 g/mol. The number of nitrogen functional groups attached to an aromatic ring is 1. The van der Waals surface area contributed by atoms with Gasteiger partial charge in [-0.1, -0.05) is 13.0 Å². The highest BCUT2D eigenvalue weighted by Crippen LogP contribution is 2.30. The lowest BCUT2D eigenvalue weighted by Crippen LogP contribution is -2.05. The highest BCUT2D eigenvalue weighted by atomic mass is 32.1. The van der Waals surface area contributed by atoms with Crippen LogP contribution in [0.2, 0.25) is 0 Å². The molecule has 0 aliphatic rings. The summed E-state index contributed by atoms with van der Waals surface area (Å²) in [6.45, 7) is 2.94. The van der Waals surface area contributed by atoms with Crippen LogP contribution >= 0.6 is 11.3 Å². The van der Waals surface area contributed by atoms with E-state index in [9.17, 15) is 4.39 Å². The quantitative estimate of drug-likeness (QED) is 0.788. The van der Waals surface area contributed by atoms with Crippen molar-refractivity contribution in [1.82, 2.24) is 0 Å². The minimum Gasteiger partial charge on any atom is -0.491 e. The summed E-state index contributed by atoms with van der Waals surface area (Å²) in [7, 11) is 0. The van der Waals surface area contributed by atoms with Crippen LogP contribution in [0.5, 0.6) is 11.5 Å². The fourth-order valence-corrected chi connectivity index (χ4v) is 2.40. The van der Waals surface area contributed by atoms with E-state index in [0.29, 0.717) is 19.0 Å². The van der Waals surface area contributed by atoms with Crippen molar-refractivity contribution in [3.05, 3.63) is 40.3 Å². The first-order valence-corrected chi connectivity index (χ1v) is 7.45. The molecule has 2 rings (SSSR count). The molecule has 0 atom stereocenters. The first-order chi connectivity index (χ1) is 9.70. The molecule has 1 aromatic heterocycles. The van der Waals surface area contributed by atoms with Crippen LogP contribution in [0.4, 0.5) is 10.1 Å². The average molecular weight is 295 g/mol. The fraction of sp³-hybridized carbons (Fsp3) is 0.333. The average Bonchev–Trinajstić information content (AvgIpc) is 2.93. The standard InChI is InChI=1S/C15H18FNO2S/c1-2-6-18-14-10-15(13(17)9-12(14)16)19-7-5-11-4-3-8-20-11/h3-4,8-10H,2,5-7,17H2,1H3. The van der Waals surface area contributed by atoms with E-state index in [1.54, 1.807) is 11.3 Å². The Balaban J connectivity index is 1.99. The third-order valence-electron chi connectivity index (χ3n) is 2.71. The van der Waals surface area contributed by atoms with E-state index in [1.807, 2.05) is 18.4 Å². The van der Waals surface area contributed by atoms with Crippen LogP contribution in [0, 0.1) is 5.82 Å². The van der Waals surface area contributed by atoms with Crippen molar-refractivity contribution in [1.29, 1.82) is 0 Å². The van der Waals surface area contributed by atoms with Gasteiger partial charge in [0.1, 0.15) is 5.75 Å². The van der Waals surface area contributed by atoms with Crippen molar-refractivity contribution < 1.29 is 13.9 Å². The molecule has 0 unspecified atom stereocenters. The number of thiophene rings is 1. The summed E-state index contributed by atoms with van der Waals surface area (Å²) in [5, 5.41) is 2.03. The Kier molecular flexibility index (Phi) is 5.24. The van der Waals surface area contributed by atoms with Crippen LogP contribution < -0.4 is 15.2 Å². The summed E-state index contributed by atoms with van der Waals surface area (Å²) in [5.41, 5.74) is 6.05. The number of ether oxygens (including phenoxy) is 2. The summed E-state index contributed by atoms with van der Waals surface area (Å²) < 4.78 is 24.6. The first kappa shape index (κ1) is 14.7. The SMILES string of the molecule is CCCOc1cc(OCCc2cccs2)c(N)cc1F. The summed E-state index contributed by atoms with van der Waals surface area (Å²) >= 11 is 1.68. The number of halogens is 1. The normalized spacial score (nSPS) is 10.5. The zero-order chi connectivity index (χ0) is 14.4. The Morgan fingerprint density at radius 3 is 2.70 bits per heavy atom. The van der Waals surface area contributed by atoms with Gasteiger partial charge in [-0.3, -0.25) is 0 Å². The largest absolute Gasteiger partial charge is 0.491 e. The topological polar surface area (TPSA) is 44.5 Å². The summed E-state index contributed by atoms with van der Waals surface area (Å²) in [5.74, 6) is 0.197. The molecule has 0 saturated heterocycles. The molecule has 0 aliphatic carbocycles. The number of rotatable bonds is 7. The molecule has 1 heterocycles. The van der Waals surface area contributed by atoms with Crippen LogP contribution in [-0.2, 0) is 6.42 Å². The fourth-order valence-electron chi connectivity index (χ4n) is 1.71. The van der Waals surface area contributed by atoms with Crippen LogP contribution in [0.1, 0.15) is 18.2 Å². The molecule has 2 N–H and O–H groups in total. The molecule has 0 aliphatic heterocycles. The molecule has 0 saturated carbocycles. The number of benzene rings is 1. The molecule has 108 valence electrons. The van der Waals surface area contributed by atoms with Gasteiger partial charge in [-0.15, -0.1) is 11.3 Å². The Hall–Kier alpha value is -1.75. The third kappa shape index (κ3) is 3.87. The molecule has 0 amide bonds. The zero-order valence-electron chi connectivity index (χ0n) is 11.4. The Morgan fingerprint density at radius 2 is 2.00 bits per heavy atom. The van der Waals surface area contributed by atoms with E-state index < -0.39 is 5.82 Å². The van der Waals surface area contributed by atoms with Crippen LogP contribution in [0.15, 0.2) is 29.6 Å². The number of hydrogen-bond acceptors (Lipinski definition) is 4. The van der Waals surface area contributed by atoms with Gasteiger partial charge in [-0.05, 0) is 17.9 Å². The molecule has 2 aromatic rings. The van der Waals surface area contributed by atoms with Crippen LogP contribution in [0.25, 0.3) is 0 Å². The maximum Gasteiger partial charge on any atom is 0.167 e. The van der Waals surface area contributed by atoms with E-state index in [0.717, 1.165) is 12.8 Å². The third-order valence-corrected chi connectivity index (χ3v) is 3.65. The molecule has 0 spiro atoms. The van der Waals surface area contributed by atoms with E-state index in [4.69, 9.17) is 15.2 Å². The van der Waals surface area contributed by atoms with Gasteiger partial charge in [0.15, 0.2) is 11.6 Å². The van der Waals surface area contributed by atoms with E-state index >= 15 is 0 Å². The Labute approximate surface area is 122 Å². The van der Waals surface area contributed by atoms with Crippen molar-refractivity contribution in [2.45, 2.75) is 19.8 Å². The first-order valence-electron chi connectivity index (χ1n) is 6.57. The Bertz CT molecular complexity index is 543. The van der Waals surface area contributed by atoms with Crippen molar-refractivity contribution in [3.63, 3.8) is 0 Å². The summed E-state index contributed by atoms with van der Waals surface area (Å²) in [6, 6.07) is 6.82. The number of hydrogen-bond donors (Lipinski definition) is 1. The maximum atomic E-state index is 13.6. The van der Waals surface area contributed by atoms with Gasteiger partial charge >= 0.3 is 0 Å². The van der Waals surface area contributed by atoms with Crippen molar-refractivity contribution in [2.75, 3.05) is 18.9 Å². The van der Waals surface area contributed by atoms with Gasteiger partial charge in [0.05, 0.1) is 18.9 Å². The highest BCUT2D eigenvalue weighted by molar-refractivity contribution is 7.09. The molecule has 0 bridgehead atoms. The van der Waals surface area contributed by atoms with E-state index in [-0.39, 0.29) is 11.4 Å². The number of anilines is 1. The highest BCUT2D eigenvalue weighted by Gasteiger charge is 2.10. The van der Waals surface area contributed by atoms with E-state index in [2.05, 4.69) is 6.07 Å². The van der Waals surface area contributed by atoms with Crippen molar-refractivity contribution in [2.24, 2.45) is 0 Å². The lowest BCUT2D eigenvalue weighted by atomic mass is 10.2. The van der Waals surface area contributed by atoms with Crippen molar-refractivity contribution in [3.8, 4) is 11.5 Å². The van der Waals surface area contributed by atoms with Gasteiger partial charge < -0.3 is 15.2 Å². The summed E-state index contributed by atoms with van der Waals surface area (Å²) in [6.07, 6.45) is 1.62. The Morgan fingerprint density at radius 1 is 1.20 bits per heavy atom. The van der Waals surface area contributed by atoms with Crippen LogP contribution in [0.3, 0.4) is 0 Å². The molecule has 1 aromatic carbocycles. The molecular formula is C15H18FNO2S. The molecule has 0 radical (unpaired) electrons. The predicted octanol–water partition coefficient (Wildman–Crippen LogP) is 3.88. The second kappa shape index (κ2) is 7.14. The van der Waals surface area contributed by atoms with Gasteiger partial charge in [-0.2, -0.15) is 0 Å². The maximum absolute atomic E-state index is 13.6. The molecule has 5 heteroatoms. The molecule has 3 nitrogen and oxygen atoms in total. The minimum absolute atomic E-state index is 0.187. The summed E-state index contributed by atoms with van der Waals surface area (Å²) in [4.78, 5) is 1.24. The predicted molar refractivity (Wildman–Crippen MR) is 80.1 cm³/mol. The minimum atomic E-state index is -0.457. The van der Waals surface area contributed by atoms with E-state index in [1.165, 1.54) is 17.0 Å². The molecule has 0 fully saturated rings. The molecule has 20 heavy (non-hydrogen) atoms. The van der Waals surface area contributed by atoms with Gasteiger partial charge in [0.2, 0.25) is 0 Å².